The quantitative estimate of drug-likeness (QED) is 0.713. The van der Waals surface area contributed by atoms with E-state index in [0.717, 1.165) is 22.3 Å². The number of rotatable bonds is 3. The Morgan fingerprint density at radius 1 is 0.905 bits per heavy atom. The van der Waals surface area contributed by atoms with Gasteiger partial charge in [-0.25, -0.2) is 0 Å². The van der Waals surface area contributed by atoms with Gasteiger partial charge in [0.25, 0.3) is 0 Å². The number of nitrogens with two attached hydrogens (primary N) is 1. The Labute approximate surface area is 167 Å². The topological polar surface area (TPSA) is 80.5 Å². The molecule has 0 fully saturated rings. The molecule has 0 bridgehead atoms. The number of aromatic nitrogens is 4. The molecule has 0 saturated carbocycles. The van der Waals surface area contributed by atoms with Gasteiger partial charge in [0.15, 0.2) is 0 Å². The fourth-order valence-corrected chi connectivity index (χ4v) is 2.03. The molecule has 0 aliphatic heterocycles. The minimum atomic E-state index is 0. The van der Waals surface area contributed by atoms with Gasteiger partial charge in [0.1, 0.15) is 0 Å². The van der Waals surface area contributed by atoms with Crippen molar-refractivity contribution >= 4 is 59.1 Å². The van der Waals surface area contributed by atoms with Crippen LogP contribution in [0.15, 0.2) is 48.5 Å². The molecule has 0 aliphatic carbocycles. The zero-order chi connectivity index (χ0) is 13.1. The van der Waals surface area contributed by atoms with Crippen LogP contribution in [0.3, 0.4) is 0 Å². The third-order valence-electron chi connectivity index (χ3n) is 3.01. The molecule has 7 heteroatoms. The second kappa shape index (κ2) is 8.80. The van der Waals surface area contributed by atoms with E-state index in [2.05, 4.69) is 32.8 Å². The van der Waals surface area contributed by atoms with E-state index in [0.29, 0.717) is 12.4 Å². The van der Waals surface area contributed by atoms with Gasteiger partial charge in [0.2, 0.25) is 5.82 Å². The zero-order valence-corrected chi connectivity index (χ0v) is 16.2. The predicted octanol–water partition coefficient (Wildman–Crippen LogP) is 1.23. The maximum Gasteiger partial charge on any atom is 0.205 e. The van der Waals surface area contributed by atoms with E-state index >= 15 is 0 Å². The molecule has 1 aromatic heterocycles. The van der Waals surface area contributed by atoms with Crippen molar-refractivity contribution in [2.75, 3.05) is 0 Å². The molecule has 3 aromatic rings. The maximum atomic E-state index is 5.61. The molecule has 0 amide bonds. The average molecular weight is 297 g/mol. The Morgan fingerprint density at radius 3 is 2.14 bits per heavy atom. The third kappa shape index (κ3) is 4.23. The van der Waals surface area contributed by atoms with Gasteiger partial charge in [-0.3, -0.25) is 0 Å². The zero-order valence-electron chi connectivity index (χ0n) is 12.2. The molecule has 2 radical (unpaired) electrons. The first-order chi connectivity index (χ1) is 9.38. The summed E-state index contributed by atoms with van der Waals surface area (Å²) in [4.78, 5) is 0. The maximum absolute atomic E-state index is 5.61. The first-order valence-corrected chi connectivity index (χ1v) is 6.00. The number of nitrogens with zero attached hydrogens (tertiary/aromatic N) is 3. The van der Waals surface area contributed by atoms with E-state index < -0.39 is 0 Å². The van der Waals surface area contributed by atoms with Crippen LogP contribution in [-0.4, -0.2) is 79.7 Å². The van der Waals surface area contributed by atoms with E-state index in [1.54, 1.807) is 0 Å². The van der Waals surface area contributed by atoms with E-state index in [1.165, 1.54) is 0 Å². The number of nitrogens with one attached hydrogen (secondary N) is 1. The standard InChI is InChI=1S/C14H13N5.2Na/c15-9-10-5-7-11(8-6-10)12-3-1-2-4-13(12)14-16-18-19-17-14;;/h1-8H,9,15H2,(H,16,17,18,19);;. The molecule has 3 N–H and O–H groups in total. The van der Waals surface area contributed by atoms with Crippen molar-refractivity contribution in [1.29, 1.82) is 0 Å². The van der Waals surface area contributed by atoms with Gasteiger partial charge >= 0.3 is 0 Å². The number of aromatic amines is 1. The number of hydrogen-bond acceptors (Lipinski definition) is 4. The monoisotopic (exact) mass is 297 g/mol. The Balaban J connectivity index is 0.00000110. The van der Waals surface area contributed by atoms with Crippen LogP contribution in [0.5, 0.6) is 0 Å². The van der Waals surface area contributed by atoms with Crippen molar-refractivity contribution < 1.29 is 0 Å². The molecule has 96 valence electrons. The molecule has 0 atom stereocenters. The number of H-pyrrole nitrogens is 1. The summed E-state index contributed by atoms with van der Waals surface area (Å²) in [7, 11) is 0. The molecule has 2 aromatic carbocycles. The smallest absolute Gasteiger partial charge is 0.205 e. The molecule has 1 heterocycles. The second-order valence-electron chi connectivity index (χ2n) is 4.18. The minimum absolute atomic E-state index is 0. The summed E-state index contributed by atoms with van der Waals surface area (Å²) in [6.07, 6.45) is 0. The molecule has 0 aliphatic rings. The van der Waals surface area contributed by atoms with Crippen molar-refractivity contribution in [3.8, 4) is 22.5 Å². The molecule has 0 spiro atoms. The average Bonchev–Trinajstić information content (AvgIpc) is 3.01. The van der Waals surface area contributed by atoms with Gasteiger partial charge in [-0.2, -0.15) is 5.21 Å². The van der Waals surface area contributed by atoms with E-state index in [9.17, 15) is 0 Å². The summed E-state index contributed by atoms with van der Waals surface area (Å²) in [6.45, 7) is 0.548. The van der Waals surface area contributed by atoms with Crippen LogP contribution in [0.1, 0.15) is 5.56 Å². The van der Waals surface area contributed by atoms with E-state index in [-0.39, 0.29) is 59.1 Å². The van der Waals surface area contributed by atoms with Gasteiger partial charge in [0.05, 0.1) is 0 Å². The third-order valence-corrected chi connectivity index (χ3v) is 3.01. The summed E-state index contributed by atoms with van der Waals surface area (Å²) < 4.78 is 0. The minimum Gasteiger partial charge on any atom is -0.326 e. The Hall–Kier alpha value is -0.530. The van der Waals surface area contributed by atoms with E-state index in [1.807, 2.05) is 36.4 Å². The van der Waals surface area contributed by atoms with Crippen LogP contribution >= 0.6 is 0 Å². The van der Waals surface area contributed by atoms with Crippen LogP contribution in [0.25, 0.3) is 22.5 Å². The van der Waals surface area contributed by atoms with Crippen molar-refractivity contribution in [3.05, 3.63) is 54.1 Å². The molecule has 21 heavy (non-hydrogen) atoms. The Morgan fingerprint density at radius 2 is 1.57 bits per heavy atom. The number of benzene rings is 2. The van der Waals surface area contributed by atoms with E-state index in [4.69, 9.17) is 5.73 Å². The van der Waals surface area contributed by atoms with Crippen LogP contribution in [-0.2, 0) is 6.54 Å². The molecular weight excluding hydrogens is 284 g/mol. The van der Waals surface area contributed by atoms with Crippen LogP contribution < -0.4 is 5.73 Å². The van der Waals surface area contributed by atoms with Gasteiger partial charge in [-0.05, 0) is 21.9 Å². The SMILES string of the molecule is NCc1ccc(-c2ccccc2-c2nn[nH]n2)cc1.[Na].[Na]. The van der Waals surface area contributed by atoms with Gasteiger partial charge in [-0.1, -0.05) is 48.5 Å². The Kier molecular flexibility index (Phi) is 7.76. The van der Waals surface area contributed by atoms with Crippen LogP contribution in [0.4, 0.5) is 0 Å². The molecule has 3 rings (SSSR count). The van der Waals surface area contributed by atoms with Gasteiger partial charge < -0.3 is 5.73 Å². The molecular formula is C14H13N5Na2. The van der Waals surface area contributed by atoms with Crippen molar-refractivity contribution in [1.82, 2.24) is 20.6 Å². The van der Waals surface area contributed by atoms with Gasteiger partial charge in [0, 0.05) is 71.2 Å². The summed E-state index contributed by atoms with van der Waals surface area (Å²) in [6, 6.07) is 16.2. The summed E-state index contributed by atoms with van der Waals surface area (Å²) in [5, 5.41) is 14.2. The predicted molar refractivity (Wildman–Crippen MR) is 84.4 cm³/mol. The molecule has 0 saturated heterocycles. The fourth-order valence-electron chi connectivity index (χ4n) is 2.03. The summed E-state index contributed by atoms with van der Waals surface area (Å²) in [5.41, 5.74) is 9.87. The first kappa shape index (κ1) is 18.5. The molecule has 5 nitrogen and oxygen atoms in total. The first-order valence-electron chi connectivity index (χ1n) is 6.00. The second-order valence-corrected chi connectivity index (χ2v) is 4.18. The van der Waals surface area contributed by atoms with Gasteiger partial charge in [-0.15, -0.1) is 10.2 Å². The normalized spacial score (nSPS) is 9.57. The fraction of sp³-hybridized carbons (Fsp3) is 0.0714. The number of tetrazole rings is 1. The largest absolute Gasteiger partial charge is 0.326 e. The van der Waals surface area contributed by atoms with Crippen LogP contribution in [0, 0.1) is 0 Å². The van der Waals surface area contributed by atoms with Crippen molar-refractivity contribution in [3.63, 3.8) is 0 Å². The van der Waals surface area contributed by atoms with Crippen LogP contribution in [0.2, 0.25) is 0 Å². The summed E-state index contributed by atoms with van der Waals surface area (Å²) in [5.74, 6) is 0.596. The Bertz CT molecular complexity index is 668. The van der Waals surface area contributed by atoms with Crippen molar-refractivity contribution in [2.24, 2.45) is 5.73 Å². The number of hydrogen-bond donors (Lipinski definition) is 2. The molecule has 0 unspecified atom stereocenters. The summed E-state index contributed by atoms with van der Waals surface area (Å²) >= 11 is 0. The van der Waals surface area contributed by atoms with Crippen molar-refractivity contribution in [2.45, 2.75) is 6.54 Å².